The summed E-state index contributed by atoms with van der Waals surface area (Å²) in [6.45, 7) is 0. The number of benzene rings is 1. The number of ether oxygens (including phenoxy) is 1. The third kappa shape index (κ3) is 4.56. The fraction of sp³-hybridized carbons (Fsp3) is 0.435. The zero-order valence-corrected chi connectivity index (χ0v) is 18.1. The van der Waals surface area contributed by atoms with E-state index < -0.39 is 53.9 Å². The van der Waals surface area contributed by atoms with Crippen molar-refractivity contribution in [2.24, 2.45) is 0 Å². The number of nitrogens with one attached hydrogen (secondary N) is 1. The highest BCUT2D eigenvalue weighted by molar-refractivity contribution is 6.31. The number of halogens is 1. The molecule has 5 atom stereocenters. The van der Waals surface area contributed by atoms with Gasteiger partial charge in [0.2, 0.25) is 24.4 Å². The molecule has 3 amide bonds. The molecule has 34 heavy (non-hydrogen) atoms. The molecular formula is C23H24FN3O7. The van der Waals surface area contributed by atoms with Gasteiger partial charge in [0.15, 0.2) is 0 Å². The molecule has 2 N–H and O–H groups in total. The van der Waals surface area contributed by atoms with E-state index in [1.165, 1.54) is 23.1 Å². The summed E-state index contributed by atoms with van der Waals surface area (Å²) >= 11 is 0. The molecule has 3 aliphatic rings. The molecule has 3 heterocycles. The quantitative estimate of drug-likeness (QED) is 0.270. The lowest BCUT2D eigenvalue weighted by Gasteiger charge is -2.37. The van der Waals surface area contributed by atoms with Crippen molar-refractivity contribution in [2.75, 3.05) is 4.90 Å². The fourth-order valence-corrected chi connectivity index (χ4v) is 4.76. The Hall–Kier alpha value is -3.60. The topological polar surface area (TPSA) is 133 Å². The van der Waals surface area contributed by atoms with E-state index in [2.05, 4.69) is 10.1 Å². The largest absolute Gasteiger partial charge is 0.434 e. The zero-order valence-electron chi connectivity index (χ0n) is 18.1. The van der Waals surface area contributed by atoms with Gasteiger partial charge < -0.3 is 20.1 Å². The number of hydrogen-bond donors (Lipinski definition) is 2. The number of aldehydes is 1. The van der Waals surface area contributed by atoms with Crippen LogP contribution in [0.3, 0.4) is 0 Å². The molecule has 10 nitrogen and oxygen atoms in total. The number of aliphatic hydroxyl groups excluding tert-OH is 1. The summed E-state index contributed by atoms with van der Waals surface area (Å²) in [7, 11) is 0. The van der Waals surface area contributed by atoms with E-state index in [1.807, 2.05) is 6.08 Å². The standard InChI is InChI=1S/C23H24FN3O7/c24-13-4-3-6-15(10-13)26(19(29)12-28)18-7-2-1-5-14-8-9-17(27(14)22(18)32)21(31)25-16-11-20(30)34-23(16)33/h1-4,6,10,12,14,16-18,23,33H,5,7-9,11H2,(H,25,31)/t14-,16?,17+,18+,23?/m1/s1. The van der Waals surface area contributed by atoms with E-state index in [0.717, 1.165) is 11.0 Å². The maximum atomic E-state index is 13.9. The third-order valence-electron chi connectivity index (χ3n) is 6.33. The van der Waals surface area contributed by atoms with Crippen LogP contribution < -0.4 is 10.2 Å². The molecular weight excluding hydrogens is 449 g/mol. The molecule has 2 saturated heterocycles. The number of rotatable bonds is 5. The van der Waals surface area contributed by atoms with Crippen LogP contribution in [0.1, 0.15) is 32.1 Å². The lowest BCUT2D eigenvalue weighted by molar-refractivity contribution is -0.155. The molecule has 11 heteroatoms. The van der Waals surface area contributed by atoms with Gasteiger partial charge in [0.1, 0.15) is 23.9 Å². The van der Waals surface area contributed by atoms with Crippen molar-refractivity contribution < 1.29 is 38.2 Å². The number of cyclic esters (lactones) is 1. The summed E-state index contributed by atoms with van der Waals surface area (Å²) in [4.78, 5) is 64.5. The van der Waals surface area contributed by atoms with Gasteiger partial charge >= 0.3 is 5.97 Å². The van der Waals surface area contributed by atoms with Crippen LogP contribution in [0.5, 0.6) is 0 Å². The number of fused-ring (bicyclic) bond motifs is 1. The fourth-order valence-electron chi connectivity index (χ4n) is 4.76. The Morgan fingerprint density at radius 3 is 2.65 bits per heavy atom. The Labute approximate surface area is 194 Å². The van der Waals surface area contributed by atoms with Crippen LogP contribution in [0, 0.1) is 5.82 Å². The first-order valence-electron chi connectivity index (χ1n) is 11.0. The Morgan fingerprint density at radius 1 is 1.21 bits per heavy atom. The van der Waals surface area contributed by atoms with Crippen molar-refractivity contribution >= 4 is 35.7 Å². The first-order valence-corrected chi connectivity index (χ1v) is 11.0. The maximum absolute atomic E-state index is 13.9. The van der Waals surface area contributed by atoms with E-state index in [1.54, 1.807) is 6.08 Å². The van der Waals surface area contributed by atoms with Gasteiger partial charge in [-0.25, -0.2) is 4.39 Å². The van der Waals surface area contributed by atoms with E-state index in [-0.39, 0.29) is 30.9 Å². The molecule has 4 rings (SSSR count). The SMILES string of the molecule is O=CC(=O)N(c1cccc(F)c1)[C@H]1CC=CC[C@@H]2CC[C@@H](C(=O)NC3CC(=O)OC3O)N2C1=O. The van der Waals surface area contributed by atoms with Crippen LogP contribution in [0.25, 0.3) is 0 Å². The number of nitrogens with zero attached hydrogens (tertiary/aromatic N) is 2. The van der Waals surface area contributed by atoms with Crippen LogP contribution in [-0.2, 0) is 28.7 Å². The van der Waals surface area contributed by atoms with E-state index in [4.69, 9.17) is 0 Å². The Morgan fingerprint density at radius 2 is 1.97 bits per heavy atom. The highest BCUT2D eigenvalue weighted by Crippen LogP contribution is 2.32. The summed E-state index contributed by atoms with van der Waals surface area (Å²) < 4.78 is 18.5. The van der Waals surface area contributed by atoms with E-state index in [9.17, 15) is 33.5 Å². The van der Waals surface area contributed by atoms with Gasteiger partial charge in [-0.3, -0.25) is 28.9 Å². The second kappa shape index (κ2) is 9.72. The first kappa shape index (κ1) is 23.6. The van der Waals surface area contributed by atoms with Crippen molar-refractivity contribution in [1.29, 1.82) is 0 Å². The van der Waals surface area contributed by atoms with Gasteiger partial charge in [0.25, 0.3) is 5.91 Å². The summed E-state index contributed by atoms with van der Waals surface area (Å²) in [5, 5.41) is 12.4. The molecule has 1 aromatic rings. The molecule has 3 aliphatic heterocycles. The van der Waals surface area contributed by atoms with Gasteiger partial charge in [-0.15, -0.1) is 0 Å². The number of aliphatic hydroxyl groups is 1. The molecule has 1 aromatic carbocycles. The molecule has 2 unspecified atom stereocenters. The monoisotopic (exact) mass is 473 g/mol. The zero-order chi connectivity index (χ0) is 24.4. The van der Waals surface area contributed by atoms with Gasteiger partial charge in [-0.2, -0.15) is 0 Å². The average Bonchev–Trinajstić information content (AvgIpc) is 3.35. The molecule has 0 aromatic heterocycles. The van der Waals surface area contributed by atoms with E-state index in [0.29, 0.717) is 19.3 Å². The number of carbonyl (C=O) groups excluding carboxylic acids is 5. The minimum absolute atomic E-state index is 0.0471. The molecule has 180 valence electrons. The average molecular weight is 473 g/mol. The molecule has 2 fully saturated rings. The highest BCUT2D eigenvalue weighted by atomic mass is 19.1. The van der Waals surface area contributed by atoms with Crippen LogP contribution in [0.2, 0.25) is 0 Å². The summed E-state index contributed by atoms with van der Waals surface area (Å²) in [6.07, 6.45) is 3.39. The van der Waals surface area contributed by atoms with Crippen molar-refractivity contribution in [3.63, 3.8) is 0 Å². The molecule has 0 saturated carbocycles. The van der Waals surface area contributed by atoms with Gasteiger partial charge in [0.05, 0.1) is 6.42 Å². The summed E-state index contributed by atoms with van der Waals surface area (Å²) in [5.74, 6) is -3.41. The lowest BCUT2D eigenvalue weighted by Crippen LogP contribution is -2.58. The molecule has 0 aliphatic carbocycles. The normalized spacial score (nSPS) is 28.5. The maximum Gasteiger partial charge on any atom is 0.310 e. The predicted molar refractivity (Wildman–Crippen MR) is 114 cm³/mol. The lowest BCUT2D eigenvalue weighted by atomic mass is 10.0. The second-order valence-corrected chi connectivity index (χ2v) is 8.46. The summed E-state index contributed by atoms with van der Waals surface area (Å²) in [6, 6.07) is 1.68. The van der Waals surface area contributed by atoms with Crippen molar-refractivity contribution in [2.45, 2.75) is 62.6 Å². The molecule has 0 spiro atoms. The molecule has 0 radical (unpaired) electrons. The van der Waals surface area contributed by atoms with E-state index >= 15 is 0 Å². The van der Waals surface area contributed by atoms with Crippen LogP contribution in [0.15, 0.2) is 36.4 Å². The van der Waals surface area contributed by atoms with Gasteiger partial charge in [-0.05, 0) is 43.9 Å². The number of esters is 1. The van der Waals surface area contributed by atoms with Crippen molar-refractivity contribution in [3.8, 4) is 0 Å². The minimum atomic E-state index is -1.47. The van der Waals surface area contributed by atoms with Crippen LogP contribution >= 0.6 is 0 Å². The van der Waals surface area contributed by atoms with Crippen LogP contribution in [0.4, 0.5) is 10.1 Å². The van der Waals surface area contributed by atoms with Crippen LogP contribution in [-0.4, -0.2) is 70.4 Å². The number of amides is 3. The van der Waals surface area contributed by atoms with Gasteiger partial charge in [0, 0.05) is 11.7 Å². The Balaban J connectivity index is 1.63. The minimum Gasteiger partial charge on any atom is -0.434 e. The third-order valence-corrected chi connectivity index (χ3v) is 6.33. The van der Waals surface area contributed by atoms with Crippen molar-refractivity contribution in [1.82, 2.24) is 10.2 Å². The molecule has 0 bridgehead atoms. The highest BCUT2D eigenvalue weighted by Gasteiger charge is 2.46. The smallest absolute Gasteiger partial charge is 0.310 e. The van der Waals surface area contributed by atoms with Gasteiger partial charge in [-0.1, -0.05) is 18.2 Å². The first-order chi connectivity index (χ1) is 16.3. The number of anilines is 1. The summed E-state index contributed by atoms with van der Waals surface area (Å²) in [5.41, 5.74) is 0.0471. The number of carbonyl (C=O) groups is 5. The second-order valence-electron chi connectivity index (χ2n) is 8.46. The predicted octanol–water partition coefficient (Wildman–Crippen LogP) is 0.186. The Bertz CT molecular complexity index is 1050. The number of hydrogen-bond acceptors (Lipinski definition) is 7. The van der Waals surface area contributed by atoms with Crippen molar-refractivity contribution in [3.05, 3.63) is 42.2 Å². The Kier molecular flexibility index (Phi) is 6.73.